The van der Waals surface area contributed by atoms with E-state index in [0.717, 1.165) is 5.56 Å². The van der Waals surface area contributed by atoms with E-state index in [1.54, 1.807) is 0 Å². The number of hydrogen-bond donors (Lipinski definition) is 2. The van der Waals surface area contributed by atoms with Crippen LogP contribution in [0.25, 0.3) is 0 Å². The molecule has 2 N–H and O–H groups in total. The molecule has 0 spiro atoms. The van der Waals surface area contributed by atoms with Crippen LogP contribution in [-0.2, 0) is 11.3 Å². The number of likely N-dealkylation sites (tertiary alicyclic amines) is 1. The molecule has 1 fully saturated rings. The molecule has 2 rings (SSSR count). The fourth-order valence-electron chi connectivity index (χ4n) is 3.63. The summed E-state index contributed by atoms with van der Waals surface area (Å²) >= 11 is 0. The molecule has 0 radical (unpaired) electrons. The topological polar surface area (TPSA) is 70.0 Å². The average Bonchev–Trinajstić information content (AvgIpc) is 2.54. The first-order valence-electron chi connectivity index (χ1n) is 8.53. The highest BCUT2D eigenvalue weighted by Gasteiger charge is 2.52. The van der Waals surface area contributed by atoms with Crippen LogP contribution in [-0.4, -0.2) is 46.5 Å². The fraction of sp³-hybridized carbons (Fsp3) is 0.632. The van der Waals surface area contributed by atoms with Crippen LogP contribution >= 0.6 is 0 Å². The van der Waals surface area contributed by atoms with Crippen LogP contribution in [0.1, 0.15) is 39.2 Å². The predicted molar refractivity (Wildman–Crippen MR) is 92.8 cm³/mol. The molecule has 5 nitrogen and oxygen atoms in total. The summed E-state index contributed by atoms with van der Waals surface area (Å²) in [6, 6.07) is 9.87. The number of benzene rings is 1. The third-order valence-corrected chi connectivity index (χ3v) is 5.24. The van der Waals surface area contributed by atoms with Gasteiger partial charge in [-0.15, -0.1) is 0 Å². The SMILES string of the molecule is CC(C)(C)C1(COCc2ccccc2)CC(CO)CCN1C(=O)O. The van der Waals surface area contributed by atoms with Gasteiger partial charge < -0.3 is 14.9 Å². The van der Waals surface area contributed by atoms with E-state index in [0.29, 0.717) is 32.6 Å². The van der Waals surface area contributed by atoms with Crippen molar-refractivity contribution in [3.05, 3.63) is 35.9 Å². The zero-order valence-corrected chi connectivity index (χ0v) is 14.9. The summed E-state index contributed by atoms with van der Waals surface area (Å²) in [6.45, 7) is 7.46. The molecule has 1 heterocycles. The van der Waals surface area contributed by atoms with E-state index in [1.165, 1.54) is 4.90 Å². The van der Waals surface area contributed by atoms with Crippen LogP contribution in [0.3, 0.4) is 0 Å². The van der Waals surface area contributed by atoms with Crippen LogP contribution in [0.5, 0.6) is 0 Å². The Morgan fingerprint density at radius 2 is 2.00 bits per heavy atom. The third-order valence-electron chi connectivity index (χ3n) is 5.24. The molecule has 1 saturated heterocycles. The summed E-state index contributed by atoms with van der Waals surface area (Å²) in [5.41, 5.74) is 0.132. The molecule has 134 valence electrons. The molecule has 1 aromatic carbocycles. The van der Waals surface area contributed by atoms with Gasteiger partial charge in [-0.1, -0.05) is 51.1 Å². The van der Waals surface area contributed by atoms with Gasteiger partial charge in [0.2, 0.25) is 0 Å². The quantitative estimate of drug-likeness (QED) is 0.865. The molecule has 1 aliphatic heterocycles. The first kappa shape index (κ1) is 18.7. The maximum Gasteiger partial charge on any atom is 0.407 e. The second-order valence-corrected chi connectivity index (χ2v) is 7.74. The number of nitrogens with zero attached hydrogens (tertiary/aromatic N) is 1. The molecule has 1 amide bonds. The zero-order chi connectivity index (χ0) is 17.8. The van der Waals surface area contributed by atoms with Gasteiger partial charge in [-0.25, -0.2) is 4.79 Å². The molecule has 1 aliphatic rings. The number of ether oxygens (including phenoxy) is 1. The minimum atomic E-state index is -0.912. The Balaban J connectivity index is 2.21. The van der Waals surface area contributed by atoms with Crippen molar-refractivity contribution < 1.29 is 19.7 Å². The Morgan fingerprint density at radius 1 is 1.33 bits per heavy atom. The third kappa shape index (κ3) is 3.90. The van der Waals surface area contributed by atoms with E-state index in [2.05, 4.69) is 20.8 Å². The highest BCUT2D eigenvalue weighted by atomic mass is 16.5. The van der Waals surface area contributed by atoms with Crippen LogP contribution in [0.2, 0.25) is 0 Å². The molecular formula is C19H29NO4. The van der Waals surface area contributed by atoms with Crippen molar-refractivity contribution in [3.8, 4) is 0 Å². The molecule has 0 aliphatic carbocycles. The Bertz CT molecular complexity index is 540. The number of aliphatic hydroxyl groups is 1. The predicted octanol–water partition coefficient (Wildman–Crippen LogP) is 3.37. The van der Waals surface area contributed by atoms with Crippen LogP contribution in [0.4, 0.5) is 4.79 Å². The number of carbonyl (C=O) groups is 1. The lowest BCUT2D eigenvalue weighted by molar-refractivity contribution is -0.100. The van der Waals surface area contributed by atoms with Gasteiger partial charge in [-0.05, 0) is 29.7 Å². The molecule has 1 aromatic rings. The second kappa shape index (κ2) is 7.53. The number of aliphatic hydroxyl groups excluding tert-OH is 1. The van der Waals surface area contributed by atoms with E-state index in [-0.39, 0.29) is 17.9 Å². The zero-order valence-electron chi connectivity index (χ0n) is 14.9. The molecule has 2 atom stereocenters. The highest BCUT2D eigenvalue weighted by Crippen LogP contribution is 2.44. The van der Waals surface area contributed by atoms with Gasteiger partial charge in [0.15, 0.2) is 0 Å². The number of amides is 1. The molecule has 2 unspecified atom stereocenters. The molecule has 0 bridgehead atoms. The molecule has 0 saturated carbocycles. The Hall–Kier alpha value is -1.59. The average molecular weight is 335 g/mol. The lowest BCUT2D eigenvalue weighted by Gasteiger charge is -2.55. The summed E-state index contributed by atoms with van der Waals surface area (Å²) in [5.74, 6) is 0.111. The van der Waals surface area contributed by atoms with Crippen molar-refractivity contribution in [3.63, 3.8) is 0 Å². The maximum absolute atomic E-state index is 11.9. The summed E-state index contributed by atoms with van der Waals surface area (Å²) < 4.78 is 5.98. The van der Waals surface area contributed by atoms with E-state index < -0.39 is 11.6 Å². The number of hydrogen-bond acceptors (Lipinski definition) is 3. The van der Waals surface area contributed by atoms with Crippen molar-refractivity contribution in [2.45, 2.75) is 45.8 Å². The normalized spacial score (nSPS) is 24.8. The van der Waals surface area contributed by atoms with Gasteiger partial charge >= 0.3 is 6.09 Å². The van der Waals surface area contributed by atoms with E-state index in [4.69, 9.17) is 4.74 Å². The number of carboxylic acid groups (broad SMARTS) is 1. The van der Waals surface area contributed by atoms with Crippen molar-refractivity contribution >= 4 is 6.09 Å². The molecule has 0 aromatic heterocycles. The lowest BCUT2D eigenvalue weighted by atomic mass is 9.66. The summed E-state index contributed by atoms with van der Waals surface area (Å²) in [5, 5.41) is 19.3. The first-order valence-corrected chi connectivity index (χ1v) is 8.53. The minimum absolute atomic E-state index is 0.0873. The standard InChI is InChI=1S/C19H29NO4/c1-18(2,3)19(14-24-13-15-7-5-4-6-8-15)11-16(12-21)9-10-20(19)17(22)23/h4-8,16,21H,9-14H2,1-3H3,(H,22,23). The molecule has 24 heavy (non-hydrogen) atoms. The van der Waals surface area contributed by atoms with E-state index >= 15 is 0 Å². The van der Waals surface area contributed by atoms with E-state index in [1.807, 2.05) is 30.3 Å². The van der Waals surface area contributed by atoms with Gasteiger partial charge in [-0.3, -0.25) is 4.90 Å². The first-order chi connectivity index (χ1) is 11.3. The smallest absolute Gasteiger partial charge is 0.407 e. The molecular weight excluding hydrogens is 306 g/mol. The number of piperidine rings is 1. The Morgan fingerprint density at radius 3 is 2.54 bits per heavy atom. The van der Waals surface area contributed by atoms with Crippen molar-refractivity contribution in [2.24, 2.45) is 11.3 Å². The van der Waals surface area contributed by atoms with Gasteiger partial charge in [0.05, 0.1) is 18.8 Å². The monoisotopic (exact) mass is 335 g/mol. The van der Waals surface area contributed by atoms with Crippen molar-refractivity contribution in [2.75, 3.05) is 19.8 Å². The molecule has 5 heteroatoms. The van der Waals surface area contributed by atoms with Crippen molar-refractivity contribution in [1.82, 2.24) is 4.90 Å². The fourth-order valence-corrected chi connectivity index (χ4v) is 3.63. The highest BCUT2D eigenvalue weighted by molar-refractivity contribution is 5.66. The summed E-state index contributed by atoms with van der Waals surface area (Å²) in [7, 11) is 0. The van der Waals surface area contributed by atoms with Gasteiger partial charge in [-0.2, -0.15) is 0 Å². The summed E-state index contributed by atoms with van der Waals surface area (Å²) in [6.07, 6.45) is 0.401. The minimum Gasteiger partial charge on any atom is -0.465 e. The van der Waals surface area contributed by atoms with Crippen molar-refractivity contribution in [1.29, 1.82) is 0 Å². The van der Waals surface area contributed by atoms with Gasteiger partial charge in [0.1, 0.15) is 0 Å². The van der Waals surface area contributed by atoms with E-state index in [9.17, 15) is 15.0 Å². The Labute approximate surface area is 144 Å². The Kier molecular flexibility index (Phi) is 5.88. The number of rotatable bonds is 5. The van der Waals surface area contributed by atoms with Gasteiger partial charge in [0.25, 0.3) is 0 Å². The summed E-state index contributed by atoms with van der Waals surface area (Å²) in [4.78, 5) is 13.4. The van der Waals surface area contributed by atoms with Gasteiger partial charge in [0, 0.05) is 13.2 Å². The second-order valence-electron chi connectivity index (χ2n) is 7.74. The largest absolute Gasteiger partial charge is 0.465 e. The maximum atomic E-state index is 11.9. The lowest BCUT2D eigenvalue weighted by Crippen LogP contribution is -2.65. The van der Waals surface area contributed by atoms with Crippen LogP contribution in [0, 0.1) is 11.3 Å². The van der Waals surface area contributed by atoms with Crippen LogP contribution in [0.15, 0.2) is 30.3 Å². The van der Waals surface area contributed by atoms with Crippen LogP contribution < -0.4 is 0 Å².